The van der Waals surface area contributed by atoms with Crippen LogP contribution in [0.5, 0.6) is 5.75 Å². The van der Waals surface area contributed by atoms with E-state index < -0.39 is 5.97 Å². The zero-order chi connectivity index (χ0) is 18.8. The lowest BCUT2D eigenvalue weighted by atomic mass is 10.2. The van der Waals surface area contributed by atoms with Crippen LogP contribution in [0.25, 0.3) is 0 Å². The van der Waals surface area contributed by atoms with Crippen molar-refractivity contribution in [1.29, 1.82) is 0 Å². The first-order chi connectivity index (χ1) is 12.6. The lowest BCUT2D eigenvalue weighted by molar-refractivity contribution is -0.119. The van der Waals surface area contributed by atoms with Crippen molar-refractivity contribution in [2.75, 3.05) is 24.8 Å². The minimum absolute atomic E-state index is 0.337. The molecule has 138 valence electrons. The second kappa shape index (κ2) is 10.5. The van der Waals surface area contributed by atoms with Crippen LogP contribution in [-0.4, -0.2) is 31.3 Å². The summed E-state index contributed by atoms with van der Waals surface area (Å²) < 4.78 is 10.6. The monoisotopic (exact) mass is 373 g/mol. The molecule has 0 unspecified atom stereocenters. The molecule has 0 saturated carbocycles. The molecule has 0 saturated heterocycles. The zero-order valence-electron chi connectivity index (χ0n) is 15.0. The van der Waals surface area contributed by atoms with Gasteiger partial charge in [-0.3, -0.25) is 4.79 Å². The lowest BCUT2D eigenvalue weighted by Crippen LogP contribution is -2.21. The molecule has 6 heteroatoms. The quantitative estimate of drug-likeness (QED) is 0.401. The van der Waals surface area contributed by atoms with Crippen LogP contribution in [0, 0.1) is 0 Å². The van der Waals surface area contributed by atoms with E-state index in [1.807, 2.05) is 30.5 Å². The van der Waals surface area contributed by atoms with Crippen molar-refractivity contribution < 1.29 is 19.1 Å². The van der Waals surface area contributed by atoms with Crippen molar-refractivity contribution in [2.45, 2.75) is 24.7 Å². The van der Waals surface area contributed by atoms with Gasteiger partial charge < -0.3 is 14.8 Å². The summed E-state index contributed by atoms with van der Waals surface area (Å²) in [5, 5.41) is 2.75. The molecule has 0 aliphatic carbocycles. The molecule has 0 spiro atoms. The van der Waals surface area contributed by atoms with Crippen LogP contribution >= 0.6 is 11.8 Å². The molecule has 0 aliphatic heterocycles. The molecule has 1 N–H and O–H groups in total. The largest absolute Gasteiger partial charge is 0.494 e. The minimum Gasteiger partial charge on any atom is -0.494 e. The molecular weight excluding hydrogens is 350 g/mol. The number of benzene rings is 2. The molecule has 0 aliphatic rings. The van der Waals surface area contributed by atoms with E-state index in [2.05, 4.69) is 12.2 Å². The number of amides is 1. The van der Waals surface area contributed by atoms with Gasteiger partial charge in [-0.15, -0.1) is 11.8 Å². The highest BCUT2D eigenvalue weighted by molar-refractivity contribution is 7.98. The highest BCUT2D eigenvalue weighted by Gasteiger charge is 2.11. The van der Waals surface area contributed by atoms with Crippen molar-refractivity contribution in [1.82, 2.24) is 0 Å². The van der Waals surface area contributed by atoms with Crippen LogP contribution in [0.15, 0.2) is 53.4 Å². The summed E-state index contributed by atoms with van der Waals surface area (Å²) in [4.78, 5) is 25.0. The fourth-order valence-corrected chi connectivity index (χ4v) is 2.72. The van der Waals surface area contributed by atoms with Gasteiger partial charge >= 0.3 is 5.97 Å². The van der Waals surface area contributed by atoms with Crippen LogP contribution in [0.3, 0.4) is 0 Å². The summed E-state index contributed by atoms with van der Waals surface area (Å²) in [5.41, 5.74) is 1.08. The third-order valence-corrected chi connectivity index (χ3v) is 4.37. The number of para-hydroxylation sites is 1. The van der Waals surface area contributed by atoms with Gasteiger partial charge in [0.2, 0.25) is 0 Å². The van der Waals surface area contributed by atoms with E-state index in [0.29, 0.717) is 23.6 Å². The van der Waals surface area contributed by atoms with E-state index in [-0.39, 0.29) is 12.5 Å². The summed E-state index contributed by atoms with van der Waals surface area (Å²) in [5.74, 6) is -0.209. The highest BCUT2D eigenvalue weighted by atomic mass is 32.2. The van der Waals surface area contributed by atoms with Gasteiger partial charge in [0.25, 0.3) is 5.91 Å². The van der Waals surface area contributed by atoms with Gasteiger partial charge in [0, 0.05) is 4.90 Å². The Bertz CT molecular complexity index is 731. The average molecular weight is 373 g/mol. The molecule has 0 radical (unpaired) electrons. The summed E-state index contributed by atoms with van der Waals surface area (Å²) >= 11 is 1.53. The van der Waals surface area contributed by atoms with Gasteiger partial charge in [0.1, 0.15) is 5.75 Å². The van der Waals surface area contributed by atoms with E-state index in [1.165, 1.54) is 11.8 Å². The van der Waals surface area contributed by atoms with Gasteiger partial charge in [0.05, 0.1) is 17.9 Å². The Balaban J connectivity index is 1.83. The summed E-state index contributed by atoms with van der Waals surface area (Å²) in [7, 11) is 0. The van der Waals surface area contributed by atoms with E-state index in [1.54, 1.807) is 24.3 Å². The summed E-state index contributed by atoms with van der Waals surface area (Å²) in [6.45, 7) is 2.41. The third-order valence-electron chi connectivity index (χ3n) is 3.57. The Morgan fingerprint density at radius 1 is 1.08 bits per heavy atom. The molecule has 2 rings (SSSR count). The second-order valence-corrected chi connectivity index (χ2v) is 6.40. The van der Waals surface area contributed by atoms with Crippen molar-refractivity contribution in [3.05, 3.63) is 54.1 Å². The first-order valence-corrected chi connectivity index (χ1v) is 9.69. The Hall–Kier alpha value is -2.47. The van der Waals surface area contributed by atoms with E-state index in [0.717, 1.165) is 17.7 Å². The fourth-order valence-electron chi connectivity index (χ4n) is 2.17. The van der Waals surface area contributed by atoms with Crippen molar-refractivity contribution in [3.8, 4) is 5.75 Å². The SMILES string of the molecule is CCCCOc1ccc(C(=O)OCC(=O)Nc2ccccc2SC)cc1. The molecule has 0 atom stereocenters. The van der Waals surface area contributed by atoms with Crippen LogP contribution in [0.1, 0.15) is 30.1 Å². The molecule has 5 nitrogen and oxygen atoms in total. The van der Waals surface area contributed by atoms with Crippen LogP contribution < -0.4 is 10.1 Å². The Labute approximate surface area is 158 Å². The number of carbonyl (C=O) groups excluding carboxylic acids is 2. The fraction of sp³-hybridized carbons (Fsp3) is 0.300. The first-order valence-electron chi connectivity index (χ1n) is 8.47. The van der Waals surface area contributed by atoms with Crippen molar-refractivity contribution in [2.24, 2.45) is 0 Å². The molecule has 0 aromatic heterocycles. The van der Waals surface area contributed by atoms with E-state index in [9.17, 15) is 9.59 Å². The molecule has 2 aromatic rings. The number of esters is 1. The zero-order valence-corrected chi connectivity index (χ0v) is 15.8. The van der Waals surface area contributed by atoms with Crippen molar-refractivity contribution >= 4 is 29.3 Å². The van der Waals surface area contributed by atoms with Gasteiger partial charge in [0.15, 0.2) is 6.61 Å². The molecule has 0 bridgehead atoms. The number of rotatable bonds is 9. The predicted octanol–water partition coefficient (Wildman–Crippen LogP) is 4.38. The number of nitrogens with one attached hydrogen (secondary N) is 1. The standard InChI is InChI=1S/C20H23NO4S/c1-3-4-13-24-16-11-9-15(10-12-16)20(23)25-14-19(22)21-17-7-5-6-8-18(17)26-2/h5-12H,3-4,13-14H2,1-2H3,(H,21,22). The second-order valence-electron chi connectivity index (χ2n) is 5.55. The number of carbonyl (C=O) groups is 2. The number of anilines is 1. The van der Waals surface area contributed by atoms with Gasteiger partial charge in [-0.2, -0.15) is 0 Å². The molecular formula is C20H23NO4S. The number of thioether (sulfide) groups is 1. The number of ether oxygens (including phenoxy) is 2. The molecule has 0 fully saturated rings. The highest BCUT2D eigenvalue weighted by Crippen LogP contribution is 2.24. The van der Waals surface area contributed by atoms with Gasteiger partial charge in [-0.25, -0.2) is 4.79 Å². The lowest BCUT2D eigenvalue weighted by Gasteiger charge is -2.10. The van der Waals surface area contributed by atoms with Gasteiger partial charge in [-0.1, -0.05) is 25.5 Å². The predicted molar refractivity (Wildman–Crippen MR) is 104 cm³/mol. The normalized spacial score (nSPS) is 10.2. The summed E-state index contributed by atoms with van der Waals surface area (Å²) in [6, 6.07) is 14.2. The smallest absolute Gasteiger partial charge is 0.338 e. The third kappa shape index (κ3) is 6.11. The minimum atomic E-state index is -0.543. The maximum absolute atomic E-state index is 12.0. The van der Waals surface area contributed by atoms with E-state index in [4.69, 9.17) is 9.47 Å². The number of hydrogen-bond donors (Lipinski definition) is 1. The number of hydrogen-bond acceptors (Lipinski definition) is 5. The first kappa shape index (κ1) is 19.8. The molecule has 2 aromatic carbocycles. The van der Waals surface area contributed by atoms with Crippen LogP contribution in [0.2, 0.25) is 0 Å². The number of unbranched alkanes of at least 4 members (excludes halogenated alkanes) is 1. The molecule has 0 heterocycles. The van der Waals surface area contributed by atoms with Crippen LogP contribution in [0.4, 0.5) is 5.69 Å². The van der Waals surface area contributed by atoms with E-state index >= 15 is 0 Å². The molecule has 26 heavy (non-hydrogen) atoms. The molecule has 1 amide bonds. The van der Waals surface area contributed by atoms with Crippen molar-refractivity contribution in [3.63, 3.8) is 0 Å². The average Bonchev–Trinajstić information content (AvgIpc) is 2.67. The Kier molecular flexibility index (Phi) is 8.02. The Morgan fingerprint density at radius 2 is 1.81 bits per heavy atom. The maximum atomic E-state index is 12.0. The Morgan fingerprint density at radius 3 is 2.50 bits per heavy atom. The van der Waals surface area contributed by atoms with Gasteiger partial charge in [-0.05, 0) is 49.1 Å². The topological polar surface area (TPSA) is 64.6 Å². The van der Waals surface area contributed by atoms with Crippen LogP contribution in [-0.2, 0) is 9.53 Å². The maximum Gasteiger partial charge on any atom is 0.338 e. The summed E-state index contributed by atoms with van der Waals surface area (Å²) in [6.07, 6.45) is 3.98.